The summed E-state index contributed by atoms with van der Waals surface area (Å²) in [7, 11) is 1.54. The van der Waals surface area contributed by atoms with E-state index in [-0.39, 0.29) is 6.61 Å². The van der Waals surface area contributed by atoms with Crippen LogP contribution >= 0.6 is 0 Å². The van der Waals surface area contributed by atoms with Crippen LogP contribution in [-0.2, 0) is 13.2 Å². The highest BCUT2D eigenvalue weighted by Crippen LogP contribution is 2.30. The summed E-state index contributed by atoms with van der Waals surface area (Å²) in [5, 5.41) is 4.18. The predicted molar refractivity (Wildman–Crippen MR) is 77.6 cm³/mol. The monoisotopic (exact) mass is 289 g/mol. The summed E-state index contributed by atoms with van der Waals surface area (Å²) in [5.41, 5.74) is 0.448. The number of ether oxygens (including phenoxy) is 2. The van der Waals surface area contributed by atoms with Crippen molar-refractivity contribution in [2.24, 2.45) is 5.92 Å². The minimum atomic E-state index is 0.230. The number of para-hydroxylation sites is 1. The first-order valence-electron chi connectivity index (χ1n) is 6.77. The number of benzene rings is 1. The topological polar surface area (TPSA) is 66.2 Å². The van der Waals surface area contributed by atoms with Gasteiger partial charge in [-0.2, -0.15) is 5.10 Å². The Morgan fingerprint density at radius 1 is 1.38 bits per heavy atom. The van der Waals surface area contributed by atoms with Gasteiger partial charge in [0.15, 0.2) is 23.6 Å². The smallest absolute Gasteiger partial charge is 0.172 e. The minimum Gasteiger partial charge on any atom is -0.493 e. The van der Waals surface area contributed by atoms with Gasteiger partial charge in [-0.1, -0.05) is 19.9 Å². The Balaban J connectivity index is 2.17. The highest BCUT2D eigenvalue weighted by Gasteiger charge is 2.13. The molecule has 0 saturated carbocycles. The third-order valence-electron chi connectivity index (χ3n) is 2.94. The molecule has 1 aromatic heterocycles. The van der Waals surface area contributed by atoms with Crippen molar-refractivity contribution in [1.82, 2.24) is 14.8 Å². The van der Waals surface area contributed by atoms with Gasteiger partial charge in [-0.05, 0) is 18.1 Å². The highest BCUT2D eigenvalue weighted by molar-refractivity contribution is 5.81. The lowest BCUT2D eigenvalue weighted by molar-refractivity contribution is 0.111. The van der Waals surface area contributed by atoms with Crippen molar-refractivity contribution >= 4 is 6.29 Å². The third-order valence-corrected chi connectivity index (χ3v) is 2.94. The Kier molecular flexibility index (Phi) is 4.92. The summed E-state index contributed by atoms with van der Waals surface area (Å²) >= 11 is 0. The predicted octanol–water partition coefficient (Wildman–Crippen LogP) is 2.33. The molecule has 1 aromatic carbocycles. The first-order chi connectivity index (χ1) is 10.2. The van der Waals surface area contributed by atoms with Gasteiger partial charge in [0.05, 0.1) is 12.7 Å². The van der Waals surface area contributed by atoms with Crippen LogP contribution in [0.2, 0.25) is 0 Å². The van der Waals surface area contributed by atoms with Gasteiger partial charge in [-0.3, -0.25) is 4.79 Å². The Morgan fingerprint density at radius 3 is 2.86 bits per heavy atom. The van der Waals surface area contributed by atoms with Gasteiger partial charge < -0.3 is 9.47 Å². The summed E-state index contributed by atoms with van der Waals surface area (Å²) in [6, 6.07) is 5.18. The zero-order chi connectivity index (χ0) is 15.2. The third kappa shape index (κ3) is 3.59. The number of carbonyl (C=O) groups excluding carboxylic acids is 1. The van der Waals surface area contributed by atoms with E-state index in [9.17, 15) is 4.79 Å². The van der Waals surface area contributed by atoms with Gasteiger partial charge in [-0.25, -0.2) is 9.67 Å². The van der Waals surface area contributed by atoms with Crippen molar-refractivity contribution in [3.05, 3.63) is 35.9 Å². The molecule has 0 bridgehead atoms. The Labute approximate surface area is 123 Å². The molecule has 21 heavy (non-hydrogen) atoms. The van der Waals surface area contributed by atoms with Gasteiger partial charge in [0.1, 0.15) is 12.9 Å². The molecule has 0 unspecified atom stereocenters. The van der Waals surface area contributed by atoms with Gasteiger partial charge in [-0.15, -0.1) is 0 Å². The van der Waals surface area contributed by atoms with Crippen molar-refractivity contribution in [3.8, 4) is 11.5 Å². The number of nitrogens with zero attached hydrogens (tertiary/aromatic N) is 3. The quantitative estimate of drug-likeness (QED) is 0.732. The van der Waals surface area contributed by atoms with Gasteiger partial charge in [0, 0.05) is 6.54 Å². The number of hydrogen-bond donors (Lipinski definition) is 0. The fourth-order valence-corrected chi connectivity index (χ4v) is 1.98. The van der Waals surface area contributed by atoms with Crippen LogP contribution in [-0.4, -0.2) is 28.2 Å². The van der Waals surface area contributed by atoms with E-state index in [1.807, 2.05) is 0 Å². The number of methoxy groups -OCH3 is 1. The number of aldehydes is 1. The number of rotatable bonds is 7. The van der Waals surface area contributed by atoms with E-state index >= 15 is 0 Å². The van der Waals surface area contributed by atoms with Crippen molar-refractivity contribution in [1.29, 1.82) is 0 Å². The SMILES string of the molecule is COc1cccc(C=O)c1OCc1ncnn1CC(C)C. The summed E-state index contributed by atoms with van der Waals surface area (Å²) in [4.78, 5) is 15.3. The molecule has 0 N–H and O–H groups in total. The van der Waals surface area contributed by atoms with Crippen LogP contribution < -0.4 is 9.47 Å². The molecule has 0 atom stereocenters. The van der Waals surface area contributed by atoms with Crippen molar-refractivity contribution in [3.63, 3.8) is 0 Å². The second kappa shape index (κ2) is 6.88. The van der Waals surface area contributed by atoms with Gasteiger partial charge in [0.2, 0.25) is 0 Å². The van der Waals surface area contributed by atoms with Crippen LogP contribution in [0.15, 0.2) is 24.5 Å². The summed E-state index contributed by atoms with van der Waals surface area (Å²) in [6.45, 7) is 5.22. The van der Waals surface area contributed by atoms with Crippen LogP contribution in [0.3, 0.4) is 0 Å². The molecular formula is C15H19N3O3. The fourth-order valence-electron chi connectivity index (χ4n) is 1.98. The summed E-state index contributed by atoms with van der Waals surface area (Å²) in [5.74, 6) is 2.12. The average molecular weight is 289 g/mol. The molecule has 0 amide bonds. The molecule has 2 aromatic rings. The van der Waals surface area contributed by atoms with Crippen LogP contribution in [0.5, 0.6) is 11.5 Å². The van der Waals surface area contributed by atoms with Gasteiger partial charge in [0.25, 0.3) is 0 Å². The molecule has 0 saturated heterocycles. The first kappa shape index (κ1) is 15.0. The molecule has 0 spiro atoms. The van der Waals surface area contributed by atoms with E-state index in [1.54, 1.807) is 22.9 Å². The highest BCUT2D eigenvalue weighted by atomic mass is 16.5. The van der Waals surface area contributed by atoms with Crippen molar-refractivity contribution in [2.45, 2.75) is 27.0 Å². The standard InChI is InChI=1S/C15H19N3O3/c1-11(2)7-18-14(16-10-17-18)9-21-15-12(8-19)5-4-6-13(15)20-3/h4-6,8,10-11H,7,9H2,1-3H3. The molecule has 0 fully saturated rings. The lowest BCUT2D eigenvalue weighted by Crippen LogP contribution is -2.12. The van der Waals surface area contributed by atoms with Crippen LogP contribution in [0.25, 0.3) is 0 Å². The molecule has 1 heterocycles. The van der Waals surface area contributed by atoms with Crippen LogP contribution in [0, 0.1) is 5.92 Å². The number of carbonyl (C=O) groups is 1. The largest absolute Gasteiger partial charge is 0.493 e. The molecule has 112 valence electrons. The van der Waals surface area contributed by atoms with E-state index in [0.29, 0.717) is 28.8 Å². The van der Waals surface area contributed by atoms with E-state index < -0.39 is 0 Å². The minimum absolute atomic E-state index is 0.230. The molecule has 0 aliphatic heterocycles. The number of hydrogen-bond acceptors (Lipinski definition) is 5. The first-order valence-corrected chi connectivity index (χ1v) is 6.77. The second-order valence-electron chi connectivity index (χ2n) is 5.04. The maximum atomic E-state index is 11.1. The molecule has 6 heteroatoms. The fraction of sp³-hybridized carbons (Fsp3) is 0.400. The second-order valence-corrected chi connectivity index (χ2v) is 5.04. The van der Waals surface area contributed by atoms with E-state index in [2.05, 4.69) is 23.9 Å². The maximum absolute atomic E-state index is 11.1. The average Bonchev–Trinajstić information content (AvgIpc) is 2.91. The van der Waals surface area contributed by atoms with E-state index in [0.717, 1.165) is 12.8 Å². The zero-order valence-corrected chi connectivity index (χ0v) is 12.4. The normalized spacial score (nSPS) is 10.7. The zero-order valence-electron chi connectivity index (χ0n) is 12.4. The van der Waals surface area contributed by atoms with Gasteiger partial charge >= 0.3 is 0 Å². The van der Waals surface area contributed by atoms with Crippen LogP contribution in [0.1, 0.15) is 30.0 Å². The van der Waals surface area contributed by atoms with E-state index in [4.69, 9.17) is 9.47 Å². The molecule has 0 aliphatic rings. The van der Waals surface area contributed by atoms with Crippen LogP contribution in [0.4, 0.5) is 0 Å². The Bertz CT molecular complexity index is 608. The molecule has 6 nitrogen and oxygen atoms in total. The molecule has 0 aliphatic carbocycles. The molecule has 2 rings (SSSR count). The Morgan fingerprint density at radius 2 is 2.19 bits per heavy atom. The summed E-state index contributed by atoms with van der Waals surface area (Å²) < 4.78 is 12.8. The lowest BCUT2D eigenvalue weighted by atomic mass is 10.2. The van der Waals surface area contributed by atoms with Crippen molar-refractivity contribution < 1.29 is 14.3 Å². The molecular weight excluding hydrogens is 270 g/mol. The Hall–Kier alpha value is -2.37. The lowest BCUT2D eigenvalue weighted by Gasteiger charge is -2.13. The summed E-state index contributed by atoms with van der Waals surface area (Å²) in [6.07, 6.45) is 2.25. The van der Waals surface area contributed by atoms with E-state index in [1.165, 1.54) is 13.4 Å². The number of aromatic nitrogens is 3. The van der Waals surface area contributed by atoms with Crippen molar-refractivity contribution in [2.75, 3.05) is 7.11 Å². The maximum Gasteiger partial charge on any atom is 0.172 e. The molecule has 0 radical (unpaired) electrons.